The van der Waals surface area contributed by atoms with Gasteiger partial charge in [-0.25, -0.2) is 0 Å². The lowest BCUT2D eigenvalue weighted by molar-refractivity contribution is -0.139. The lowest BCUT2D eigenvalue weighted by Gasteiger charge is -2.29. The zero-order chi connectivity index (χ0) is 21.6. The normalized spacial score (nSPS) is 13.9. The molecular weight excluding hydrogens is 400 g/mol. The number of allylic oxidation sites excluding steroid dienone is 2. The van der Waals surface area contributed by atoms with Crippen LogP contribution < -0.4 is 5.32 Å². The Balaban J connectivity index is 2.39. The fraction of sp³-hybridized carbons (Fsp3) is 0.389. The van der Waals surface area contributed by atoms with E-state index in [-0.39, 0.29) is 29.1 Å². The van der Waals surface area contributed by atoms with Gasteiger partial charge in [0.15, 0.2) is 0 Å². The van der Waals surface area contributed by atoms with Crippen molar-refractivity contribution in [1.82, 2.24) is 10.2 Å². The van der Waals surface area contributed by atoms with E-state index >= 15 is 0 Å². The first-order valence-electron chi connectivity index (χ1n) is 8.48. The van der Waals surface area contributed by atoms with Gasteiger partial charge in [-0.3, -0.25) is 14.4 Å². The molecule has 1 aromatic rings. The van der Waals surface area contributed by atoms with Crippen molar-refractivity contribution >= 4 is 17.5 Å². The molecule has 0 spiro atoms. The van der Waals surface area contributed by atoms with Crippen molar-refractivity contribution in [3.8, 4) is 0 Å². The van der Waals surface area contributed by atoms with Crippen molar-refractivity contribution < 1.29 is 41.4 Å². The number of amides is 1. The summed E-state index contributed by atoms with van der Waals surface area (Å²) >= 11 is 0. The van der Waals surface area contributed by atoms with Crippen molar-refractivity contribution in [3.63, 3.8) is 0 Å². The van der Waals surface area contributed by atoms with E-state index in [0.29, 0.717) is 0 Å². The fourth-order valence-corrected chi connectivity index (χ4v) is 2.77. The third-order valence-electron chi connectivity index (χ3n) is 3.95. The number of ketones is 2. The third kappa shape index (κ3) is 5.61. The number of halogens is 4. The molecule has 0 bridgehead atoms. The van der Waals surface area contributed by atoms with E-state index in [2.05, 4.69) is 14.8 Å². The minimum Gasteiger partial charge on any atom is -0.378 e. The number of benzene rings is 1. The van der Waals surface area contributed by atoms with Crippen LogP contribution in [0.15, 0.2) is 35.7 Å². The lowest BCUT2D eigenvalue weighted by Crippen LogP contribution is -2.42. The average Bonchev–Trinajstić information content (AvgIpc) is 2.66. The topological polar surface area (TPSA) is 84.9 Å². The van der Waals surface area contributed by atoms with Crippen molar-refractivity contribution in [2.24, 2.45) is 0 Å². The Hall–Kier alpha value is -2.79. The van der Waals surface area contributed by atoms with Crippen LogP contribution in [0.4, 0.5) is 17.6 Å². The van der Waals surface area contributed by atoms with Gasteiger partial charge in [-0.15, -0.1) is 0 Å². The molecule has 0 atom stereocenters. The minimum atomic E-state index is -3.08. The maximum absolute atomic E-state index is 13.0. The van der Waals surface area contributed by atoms with Crippen LogP contribution in [0.3, 0.4) is 0 Å². The molecule has 1 amide bonds. The Labute approximate surface area is 163 Å². The molecule has 0 saturated carbocycles. The molecule has 2 rings (SSSR count). The Morgan fingerprint density at radius 1 is 1.00 bits per heavy atom. The van der Waals surface area contributed by atoms with Crippen LogP contribution in [0.2, 0.25) is 0 Å². The monoisotopic (exact) mass is 418 g/mol. The highest BCUT2D eigenvalue weighted by Gasteiger charge is 2.36. The second-order valence-corrected chi connectivity index (χ2v) is 5.79. The van der Waals surface area contributed by atoms with Gasteiger partial charge in [0.1, 0.15) is 11.4 Å². The molecule has 7 nitrogen and oxygen atoms in total. The molecule has 1 aliphatic rings. The van der Waals surface area contributed by atoms with Gasteiger partial charge in [-0.05, 0) is 0 Å². The van der Waals surface area contributed by atoms with E-state index in [9.17, 15) is 31.9 Å². The molecule has 158 valence electrons. The summed E-state index contributed by atoms with van der Waals surface area (Å²) in [5.74, 6) is -2.03. The smallest absolute Gasteiger partial charge is 0.345 e. The molecule has 1 N–H and O–H groups in total. The summed E-state index contributed by atoms with van der Waals surface area (Å²) < 4.78 is 57.0. The quantitative estimate of drug-likeness (QED) is 0.463. The highest BCUT2D eigenvalue weighted by molar-refractivity contribution is 6.27. The summed E-state index contributed by atoms with van der Waals surface area (Å²) in [7, 11) is 0. The number of nitrogens with one attached hydrogen (secondary N) is 1. The molecule has 1 aromatic carbocycles. The first kappa shape index (κ1) is 22.5. The summed E-state index contributed by atoms with van der Waals surface area (Å²) in [5.41, 5.74) is -0.580. The number of hydrogen-bond donors (Lipinski definition) is 1. The van der Waals surface area contributed by atoms with Crippen molar-refractivity contribution in [2.75, 3.05) is 26.3 Å². The lowest BCUT2D eigenvalue weighted by atomic mass is 9.89. The van der Waals surface area contributed by atoms with E-state index in [0.717, 1.165) is 11.8 Å². The molecule has 0 radical (unpaired) electrons. The fourth-order valence-electron chi connectivity index (χ4n) is 2.77. The predicted octanol–water partition coefficient (Wildman–Crippen LogP) is 2.19. The second kappa shape index (κ2) is 10.1. The summed E-state index contributed by atoms with van der Waals surface area (Å²) in [4.78, 5) is 38.8. The molecule has 11 heteroatoms. The highest BCUT2D eigenvalue weighted by Crippen LogP contribution is 2.27. The van der Waals surface area contributed by atoms with Crippen LogP contribution in [0.25, 0.3) is 0 Å². The molecule has 0 heterocycles. The van der Waals surface area contributed by atoms with Crippen LogP contribution in [-0.4, -0.2) is 61.9 Å². The van der Waals surface area contributed by atoms with Crippen LogP contribution in [0.1, 0.15) is 27.6 Å². The first-order chi connectivity index (χ1) is 13.7. The van der Waals surface area contributed by atoms with Gasteiger partial charge in [-0.2, -0.15) is 17.6 Å². The average molecular weight is 418 g/mol. The van der Waals surface area contributed by atoms with Crippen LogP contribution in [0, 0.1) is 0 Å². The number of Topliss-reactive ketones (excluding diaryl/α,β-unsaturated/α-hetero) is 2. The number of fused-ring (bicyclic) bond motifs is 1. The maximum atomic E-state index is 13.0. The summed E-state index contributed by atoms with van der Waals surface area (Å²) in [6, 6.07) is 5.85. The molecule has 0 unspecified atom stereocenters. The minimum absolute atomic E-state index is 0.0305. The van der Waals surface area contributed by atoms with Crippen LogP contribution >= 0.6 is 0 Å². The zero-order valence-corrected chi connectivity index (χ0v) is 15.3. The molecule has 0 saturated heterocycles. The van der Waals surface area contributed by atoms with E-state index in [4.69, 9.17) is 0 Å². The maximum Gasteiger partial charge on any atom is 0.345 e. The predicted molar refractivity (Wildman–Crippen MR) is 91.4 cm³/mol. The Kier molecular flexibility index (Phi) is 7.85. The Bertz CT molecular complexity index is 813. The number of nitrogens with zero attached hydrogens (tertiary/aromatic N) is 1. The van der Waals surface area contributed by atoms with E-state index < -0.39 is 50.5 Å². The van der Waals surface area contributed by atoms with Gasteiger partial charge in [0, 0.05) is 31.1 Å². The summed E-state index contributed by atoms with van der Waals surface area (Å²) in [6.07, 6.45) is 0. The zero-order valence-electron chi connectivity index (χ0n) is 15.3. The van der Waals surface area contributed by atoms with Gasteiger partial charge in [0.05, 0.1) is 13.2 Å². The van der Waals surface area contributed by atoms with Gasteiger partial charge in [-0.1, -0.05) is 24.3 Å². The molecule has 0 aliphatic heterocycles. The van der Waals surface area contributed by atoms with Crippen LogP contribution in [0.5, 0.6) is 0 Å². The van der Waals surface area contributed by atoms with Crippen molar-refractivity contribution in [1.29, 1.82) is 0 Å². The second-order valence-electron chi connectivity index (χ2n) is 5.79. The van der Waals surface area contributed by atoms with E-state index in [1.54, 1.807) is 0 Å². The van der Waals surface area contributed by atoms with Gasteiger partial charge < -0.3 is 19.7 Å². The Morgan fingerprint density at radius 2 is 1.55 bits per heavy atom. The Morgan fingerprint density at radius 3 is 2.10 bits per heavy atom. The molecule has 29 heavy (non-hydrogen) atoms. The largest absolute Gasteiger partial charge is 0.378 e. The standard InChI is InChI=1S/C18H18F4N2O5/c1-10(25)24(7-9-29-18(21)22)14-13(23-6-8-28-17(19)20)15(26)11-4-2-3-5-12(11)16(14)27/h2-5,17-18,23H,6-9H2,1H3. The number of carbonyl (C=O) groups excluding carboxylic acids is 3. The van der Waals surface area contributed by atoms with Gasteiger partial charge in [0.25, 0.3) is 0 Å². The van der Waals surface area contributed by atoms with Crippen molar-refractivity contribution in [2.45, 2.75) is 20.1 Å². The number of hydrogen-bond acceptors (Lipinski definition) is 6. The third-order valence-corrected chi connectivity index (χ3v) is 3.95. The summed E-state index contributed by atoms with van der Waals surface area (Å²) in [5, 5.41) is 2.55. The molecular formula is C18H18F4N2O5. The van der Waals surface area contributed by atoms with E-state index in [1.165, 1.54) is 24.3 Å². The number of alkyl halides is 4. The van der Waals surface area contributed by atoms with Crippen LogP contribution in [-0.2, 0) is 14.3 Å². The van der Waals surface area contributed by atoms with Gasteiger partial charge in [0.2, 0.25) is 17.5 Å². The molecule has 0 fully saturated rings. The molecule has 0 aromatic heterocycles. The van der Waals surface area contributed by atoms with E-state index in [1.807, 2.05) is 0 Å². The summed E-state index contributed by atoms with van der Waals surface area (Å²) in [6.45, 7) is -6.76. The van der Waals surface area contributed by atoms with Crippen molar-refractivity contribution in [3.05, 3.63) is 46.8 Å². The number of carbonyl (C=O) groups is 3. The molecule has 1 aliphatic carbocycles. The van der Waals surface area contributed by atoms with Gasteiger partial charge >= 0.3 is 13.2 Å². The number of rotatable bonds is 10. The number of ether oxygens (including phenoxy) is 2. The highest BCUT2D eigenvalue weighted by atomic mass is 19.3. The SMILES string of the molecule is CC(=O)N(CCOC(F)F)C1=C(NCCOC(F)F)C(=O)c2ccccc2C1=O. The first-order valence-corrected chi connectivity index (χ1v) is 8.48.